The Balaban J connectivity index is 1.61. The number of hydrogen-bond donors (Lipinski definition) is 1. The van der Waals surface area contributed by atoms with E-state index in [1.165, 1.54) is 16.8 Å². The zero-order valence-corrected chi connectivity index (χ0v) is 15.7. The molecule has 1 atom stereocenters. The third-order valence-electron chi connectivity index (χ3n) is 5.21. The van der Waals surface area contributed by atoms with E-state index in [4.69, 9.17) is 4.42 Å². The quantitative estimate of drug-likeness (QED) is 0.513. The van der Waals surface area contributed by atoms with Crippen molar-refractivity contribution in [2.24, 2.45) is 0 Å². The topological polar surface area (TPSA) is 73.0 Å². The van der Waals surface area contributed by atoms with Gasteiger partial charge in [0.1, 0.15) is 11.3 Å². The number of halogens is 3. The molecule has 5 rings (SSSR count). The third kappa shape index (κ3) is 2.94. The standard InChI is InChI=1S/C21H15F3N4O2/c1-11-18-14(12-6-8-13(9-7-12)21(22,23)24)10-17(29)26-19(18)28(27-11)20-25-15-4-2-3-5-16(15)30-20/h2-9,14H,10H2,1H3,(H,26,29)/t14-/m0/s1. The van der Waals surface area contributed by atoms with Gasteiger partial charge in [-0.25, -0.2) is 0 Å². The van der Waals surface area contributed by atoms with Crippen molar-refractivity contribution in [1.29, 1.82) is 0 Å². The predicted octanol–water partition coefficient (Wildman–Crippen LogP) is 4.81. The number of amides is 1. The number of benzene rings is 2. The molecule has 0 saturated heterocycles. The molecule has 4 aromatic rings. The summed E-state index contributed by atoms with van der Waals surface area (Å²) in [6.45, 7) is 1.78. The van der Waals surface area contributed by atoms with Gasteiger partial charge in [-0.1, -0.05) is 24.3 Å². The first-order valence-corrected chi connectivity index (χ1v) is 9.24. The van der Waals surface area contributed by atoms with Crippen LogP contribution in [0.25, 0.3) is 17.1 Å². The number of fused-ring (bicyclic) bond motifs is 2. The number of anilines is 1. The molecule has 0 spiro atoms. The molecule has 9 heteroatoms. The van der Waals surface area contributed by atoms with Crippen LogP contribution in [-0.4, -0.2) is 20.7 Å². The molecule has 30 heavy (non-hydrogen) atoms. The second-order valence-electron chi connectivity index (χ2n) is 7.15. The summed E-state index contributed by atoms with van der Waals surface area (Å²) in [6.07, 6.45) is -4.31. The van der Waals surface area contributed by atoms with Gasteiger partial charge < -0.3 is 9.73 Å². The Morgan fingerprint density at radius 3 is 2.57 bits per heavy atom. The van der Waals surface area contributed by atoms with Gasteiger partial charge in [-0.2, -0.15) is 27.9 Å². The summed E-state index contributed by atoms with van der Waals surface area (Å²) in [5.41, 5.74) is 2.48. The molecule has 0 aliphatic carbocycles. The molecule has 3 heterocycles. The predicted molar refractivity (Wildman–Crippen MR) is 102 cm³/mol. The van der Waals surface area contributed by atoms with Crippen LogP contribution in [0.2, 0.25) is 0 Å². The molecular weight excluding hydrogens is 397 g/mol. The van der Waals surface area contributed by atoms with Crippen LogP contribution in [-0.2, 0) is 11.0 Å². The highest BCUT2D eigenvalue weighted by atomic mass is 19.4. The first-order valence-electron chi connectivity index (χ1n) is 9.24. The number of para-hydroxylation sites is 2. The van der Waals surface area contributed by atoms with Crippen LogP contribution in [0.5, 0.6) is 0 Å². The Kier molecular flexibility index (Phi) is 3.96. The van der Waals surface area contributed by atoms with E-state index in [9.17, 15) is 18.0 Å². The van der Waals surface area contributed by atoms with Crippen molar-refractivity contribution in [1.82, 2.24) is 14.8 Å². The van der Waals surface area contributed by atoms with Gasteiger partial charge in [-0.15, -0.1) is 0 Å². The Hall–Kier alpha value is -3.62. The second kappa shape index (κ2) is 6.45. The van der Waals surface area contributed by atoms with Gasteiger partial charge in [0.05, 0.1) is 11.3 Å². The van der Waals surface area contributed by atoms with Crippen molar-refractivity contribution in [3.05, 3.63) is 70.9 Å². The average molecular weight is 412 g/mol. The lowest BCUT2D eigenvalue weighted by molar-refractivity contribution is -0.137. The summed E-state index contributed by atoms with van der Waals surface area (Å²) >= 11 is 0. The summed E-state index contributed by atoms with van der Waals surface area (Å²) < 4.78 is 45.9. The molecule has 0 bridgehead atoms. The fourth-order valence-corrected chi connectivity index (χ4v) is 3.83. The highest BCUT2D eigenvalue weighted by Crippen LogP contribution is 2.41. The van der Waals surface area contributed by atoms with Gasteiger partial charge in [-0.3, -0.25) is 4.79 Å². The maximum absolute atomic E-state index is 12.9. The number of nitrogens with one attached hydrogen (secondary N) is 1. The first kappa shape index (κ1) is 18.4. The third-order valence-corrected chi connectivity index (χ3v) is 5.21. The molecule has 0 unspecified atom stereocenters. The van der Waals surface area contributed by atoms with E-state index in [0.29, 0.717) is 28.2 Å². The molecule has 1 N–H and O–H groups in total. The van der Waals surface area contributed by atoms with Crippen LogP contribution in [0.15, 0.2) is 52.9 Å². The van der Waals surface area contributed by atoms with E-state index < -0.39 is 17.7 Å². The maximum Gasteiger partial charge on any atom is 0.416 e. The molecule has 6 nitrogen and oxygen atoms in total. The van der Waals surface area contributed by atoms with Gasteiger partial charge in [0.25, 0.3) is 0 Å². The average Bonchev–Trinajstić information content (AvgIpc) is 3.28. The Bertz CT molecular complexity index is 1240. The van der Waals surface area contributed by atoms with Crippen LogP contribution in [0.1, 0.15) is 34.7 Å². The van der Waals surface area contributed by atoms with Crippen molar-refractivity contribution in [3.8, 4) is 6.01 Å². The van der Waals surface area contributed by atoms with Crippen LogP contribution in [0.3, 0.4) is 0 Å². The van der Waals surface area contributed by atoms with Crippen LogP contribution < -0.4 is 5.32 Å². The lowest BCUT2D eigenvalue weighted by atomic mass is 9.85. The van der Waals surface area contributed by atoms with Crippen molar-refractivity contribution >= 4 is 22.8 Å². The number of oxazole rings is 1. The SMILES string of the molecule is Cc1nn(-c2nc3ccccc3o2)c2c1[C@H](c1ccc(C(F)(F)F)cc1)CC(=O)N2. The van der Waals surface area contributed by atoms with Crippen molar-refractivity contribution in [2.45, 2.75) is 25.4 Å². The number of nitrogens with zero attached hydrogens (tertiary/aromatic N) is 3. The highest BCUT2D eigenvalue weighted by Gasteiger charge is 2.35. The number of aryl methyl sites for hydroxylation is 1. The molecule has 2 aromatic carbocycles. The molecule has 0 radical (unpaired) electrons. The number of carbonyl (C=O) groups is 1. The van der Waals surface area contributed by atoms with Gasteiger partial charge in [0.2, 0.25) is 5.91 Å². The van der Waals surface area contributed by atoms with E-state index in [0.717, 1.165) is 17.7 Å². The fourth-order valence-electron chi connectivity index (χ4n) is 3.83. The van der Waals surface area contributed by atoms with Gasteiger partial charge in [0, 0.05) is 17.9 Å². The van der Waals surface area contributed by atoms with Crippen molar-refractivity contribution in [3.63, 3.8) is 0 Å². The zero-order chi connectivity index (χ0) is 21.0. The lowest BCUT2D eigenvalue weighted by Gasteiger charge is -2.24. The van der Waals surface area contributed by atoms with E-state index in [1.807, 2.05) is 12.1 Å². The van der Waals surface area contributed by atoms with Crippen LogP contribution >= 0.6 is 0 Å². The first-order chi connectivity index (χ1) is 14.3. The monoisotopic (exact) mass is 412 g/mol. The summed E-state index contributed by atoms with van der Waals surface area (Å²) in [7, 11) is 0. The van der Waals surface area contributed by atoms with Gasteiger partial charge in [0.15, 0.2) is 5.58 Å². The molecular formula is C21H15F3N4O2. The molecule has 1 aliphatic rings. The molecule has 1 aliphatic heterocycles. The van der Waals surface area contributed by atoms with Crippen molar-refractivity contribution < 1.29 is 22.4 Å². The van der Waals surface area contributed by atoms with Gasteiger partial charge in [-0.05, 0) is 36.8 Å². The van der Waals surface area contributed by atoms with Crippen LogP contribution in [0, 0.1) is 6.92 Å². The summed E-state index contributed by atoms with van der Waals surface area (Å²) in [4.78, 5) is 16.8. The molecule has 1 amide bonds. The number of hydrogen-bond acceptors (Lipinski definition) is 4. The minimum atomic E-state index is -4.42. The number of carbonyl (C=O) groups excluding carboxylic acids is 1. The second-order valence-corrected chi connectivity index (χ2v) is 7.15. The summed E-state index contributed by atoms with van der Waals surface area (Å²) in [6, 6.07) is 12.3. The molecule has 0 fully saturated rings. The van der Waals surface area contributed by atoms with E-state index in [1.54, 1.807) is 19.1 Å². The minimum Gasteiger partial charge on any atom is -0.422 e. The smallest absolute Gasteiger partial charge is 0.416 e. The van der Waals surface area contributed by atoms with E-state index in [-0.39, 0.29) is 18.3 Å². The Morgan fingerprint density at radius 1 is 1.13 bits per heavy atom. The lowest BCUT2D eigenvalue weighted by Crippen LogP contribution is -2.25. The zero-order valence-electron chi connectivity index (χ0n) is 15.7. The summed E-state index contributed by atoms with van der Waals surface area (Å²) in [5.74, 6) is -0.265. The Morgan fingerprint density at radius 2 is 1.87 bits per heavy atom. The minimum absolute atomic E-state index is 0.110. The normalized spacial score (nSPS) is 16.5. The van der Waals surface area contributed by atoms with Crippen molar-refractivity contribution in [2.75, 3.05) is 5.32 Å². The fraction of sp³-hybridized carbons (Fsp3) is 0.190. The molecule has 2 aromatic heterocycles. The van der Waals surface area contributed by atoms with E-state index >= 15 is 0 Å². The summed E-state index contributed by atoms with van der Waals surface area (Å²) in [5, 5.41) is 7.30. The largest absolute Gasteiger partial charge is 0.422 e. The van der Waals surface area contributed by atoms with Gasteiger partial charge >= 0.3 is 12.2 Å². The van der Waals surface area contributed by atoms with E-state index in [2.05, 4.69) is 15.4 Å². The van der Waals surface area contributed by atoms with Crippen LogP contribution in [0.4, 0.5) is 19.0 Å². The molecule has 152 valence electrons. The Labute approximate surface area is 168 Å². The number of rotatable bonds is 2. The number of alkyl halides is 3. The highest BCUT2D eigenvalue weighted by molar-refractivity contribution is 5.95. The maximum atomic E-state index is 12.9. The number of aromatic nitrogens is 3. The molecule has 0 saturated carbocycles.